The maximum atomic E-state index is 13.6. The number of halogens is 3. The summed E-state index contributed by atoms with van der Waals surface area (Å²) in [5, 5.41) is 5.95. The number of benzene rings is 3. The number of unbranched alkanes of at least 4 members (excludes halogenated alkanes) is 2. The first-order chi connectivity index (χ1) is 31.1. The molecule has 352 valence electrons. The van der Waals surface area contributed by atoms with Gasteiger partial charge in [0.25, 0.3) is 0 Å². The van der Waals surface area contributed by atoms with Gasteiger partial charge in [-0.1, -0.05) is 20.8 Å². The lowest BCUT2D eigenvalue weighted by Gasteiger charge is -2.13. The number of nitrogens with two attached hydrogens (primary N) is 3. The van der Waals surface area contributed by atoms with Crippen molar-refractivity contribution in [1.82, 2.24) is 29.6 Å². The maximum Gasteiger partial charge on any atom is 0.240 e. The van der Waals surface area contributed by atoms with E-state index in [9.17, 15) is 31.2 Å². The third kappa shape index (κ3) is 16.6. The molecule has 0 aliphatic rings. The first-order valence-electron chi connectivity index (χ1n) is 20.8. The van der Waals surface area contributed by atoms with E-state index in [0.29, 0.717) is 38.4 Å². The molecule has 17 nitrogen and oxygen atoms in total. The van der Waals surface area contributed by atoms with Crippen LogP contribution in [0.4, 0.5) is 36.7 Å². The summed E-state index contributed by atoms with van der Waals surface area (Å²) in [5.41, 5.74) is 17.3. The van der Waals surface area contributed by atoms with E-state index in [4.69, 9.17) is 26.7 Å². The van der Waals surface area contributed by atoms with Crippen molar-refractivity contribution in [2.24, 2.45) is 5.73 Å². The van der Waals surface area contributed by atoms with Gasteiger partial charge in [-0.05, 0) is 113 Å². The van der Waals surface area contributed by atoms with Crippen molar-refractivity contribution in [3.05, 3.63) is 113 Å². The minimum absolute atomic E-state index is 0.00148. The van der Waals surface area contributed by atoms with E-state index >= 15 is 0 Å². The van der Waals surface area contributed by atoms with Crippen LogP contribution in [-0.2, 0) is 10.0 Å². The van der Waals surface area contributed by atoms with E-state index in [0.717, 1.165) is 37.1 Å². The summed E-state index contributed by atoms with van der Waals surface area (Å²) in [5.74, 6) is -1.83. The Morgan fingerprint density at radius 2 is 1.05 bits per heavy atom. The second kappa shape index (κ2) is 27.0. The van der Waals surface area contributed by atoms with E-state index in [1.54, 1.807) is 0 Å². The Balaban J connectivity index is 0.000000314. The van der Waals surface area contributed by atoms with E-state index in [1.165, 1.54) is 82.6 Å². The fraction of sp³-hybridized carbons (Fsp3) is 0.364. The standard InChI is InChI=1S/C22H23F2N5O4S.C16H20FN5O2.C6H15N/c1-33-19-9-6-15(24)12-17(19)20(30)18-13-27-22(29-21(18)25)26-10-2-3-11-28-34(31,32)16-7-4-14(23)5-8-16;1-24-13-5-4-10(17)8-11(13)14(23)12-9-21-16(22-15(12)19)20-7-3-2-6-18;1-4-7(5-2)6-3/h4-9,12-13,28H,2-3,10-11H2,1H3,(H3,25,26,27,29);4-5,8-9H,2-3,6-7,18H2,1H3,(H3,19,20,21,22);4-6H2,1-3H3. The summed E-state index contributed by atoms with van der Waals surface area (Å²) in [6, 6.07) is 11.8. The van der Waals surface area contributed by atoms with Crippen molar-refractivity contribution in [2.75, 3.05) is 82.1 Å². The van der Waals surface area contributed by atoms with Crippen molar-refractivity contribution >= 4 is 45.1 Å². The third-order valence-electron chi connectivity index (χ3n) is 9.50. The van der Waals surface area contributed by atoms with Gasteiger partial charge in [0.2, 0.25) is 33.5 Å². The number of carbonyl (C=O) groups excluding carboxylic acids is 2. The minimum atomic E-state index is -3.71. The molecule has 0 spiro atoms. The van der Waals surface area contributed by atoms with Gasteiger partial charge < -0.3 is 42.2 Å². The van der Waals surface area contributed by atoms with Crippen LogP contribution in [0.25, 0.3) is 0 Å². The molecule has 0 saturated heterocycles. The van der Waals surface area contributed by atoms with Crippen molar-refractivity contribution in [3.63, 3.8) is 0 Å². The minimum Gasteiger partial charge on any atom is -0.496 e. The lowest BCUT2D eigenvalue weighted by molar-refractivity contribution is 0.102. The summed E-state index contributed by atoms with van der Waals surface area (Å²) in [7, 11) is -0.942. The molecule has 0 aliphatic heterocycles. The molecule has 21 heteroatoms. The molecular formula is C44H58F3N11O6S. The maximum absolute atomic E-state index is 13.6. The van der Waals surface area contributed by atoms with Crippen LogP contribution in [0.3, 0.4) is 0 Å². The highest BCUT2D eigenvalue weighted by molar-refractivity contribution is 7.89. The molecule has 0 saturated carbocycles. The van der Waals surface area contributed by atoms with Crippen molar-refractivity contribution < 1.29 is 40.7 Å². The second-order valence-corrected chi connectivity index (χ2v) is 15.6. The molecule has 2 heterocycles. The molecule has 3 aromatic carbocycles. The summed E-state index contributed by atoms with van der Waals surface area (Å²) >= 11 is 0. The van der Waals surface area contributed by atoms with Gasteiger partial charge in [-0.3, -0.25) is 9.59 Å². The van der Waals surface area contributed by atoms with E-state index in [2.05, 4.69) is 61.0 Å². The topological polar surface area (TPSA) is 256 Å². The number of sulfonamides is 1. The highest BCUT2D eigenvalue weighted by atomic mass is 32.2. The summed E-state index contributed by atoms with van der Waals surface area (Å²) < 4.78 is 76.9. The van der Waals surface area contributed by atoms with Gasteiger partial charge in [0.05, 0.1) is 41.4 Å². The predicted octanol–water partition coefficient (Wildman–Crippen LogP) is 5.68. The largest absolute Gasteiger partial charge is 0.496 e. The van der Waals surface area contributed by atoms with Crippen LogP contribution in [0.5, 0.6) is 11.5 Å². The average molecular weight is 926 g/mol. The number of hydrogen-bond acceptors (Lipinski definition) is 16. The number of nitrogens with zero attached hydrogens (tertiary/aromatic N) is 5. The molecular weight excluding hydrogens is 868 g/mol. The number of nitrogen functional groups attached to an aromatic ring is 2. The van der Waals surface area contributed by atoms with E-state index in [1.807, 2.05) is 0 Å². The SMILES string of the molecule is CCN(CC)CC.COc1ccc(F)cc1C(=O)c1cnc(NCCCCN)nc1N.COc1ccc(F)cc1C(=O)c1cnc(NCCCCNS(=O)(=O)c2ccc(F)cc2)nc1N. The Morgan fingerprint density at radius 3 is 1.43 bits per heavy atom. The fourth-order valence-electron chi connectivity index (χ4n) is 5.81. The molecule has 5 aromatic rings. The lowest BCUT2D eigenvalue weighted by atomic mass is 10.0. The molecule has 0 fully saturated rings. The van der Waals surface area contributed by atoms with Gasteiger partial charge >= 0.3 is 0 Å². The molecule has 0 amide bonds. The lowest BCUT2D eigenvalue weighted by Crippen LogP contribution is -2.25. The number of hydrogen-bond donors (Lipinski definition) is 6. The number of nitrogens with one attached hydrogen (secondary N) is 3. The first-order valence-corrected chi connectivity index (χ1v) is 22.3. The van der Waals surface area contributed by atoms with Crippen LogP contribution < -0.4 is 42.0 Å². The number of ketones is 2. The summed E-state index contributed by atoms with van der Waals surface area (Å²) in [6.07, 6.45) is 5.42. The third-order valence-corrected chi connectivity index (χ3v) is 11.0. The molecule has 0 aliphatic carbocycles. The Morgan fingerprint density at radius 1 is 0.631 bits per heavy atom. The fourth-order valence-corrected chi connectivity index (χ4v) is 6.88. The monoisotopic (exact) mass is 925 g/mol. The highest BCUT2D eigenvalue weighted by Gasteiger charge is 2.21. The van der Waals surface area contributed by atoms with Gasteiger partial charge in [-0.15, -0.1) is 0 Å². The van der Waals surface area contributed by atoms with Gasteiger partial charge in [0.15, 0.2) is 0 Å². The molecule has 9 N–H and O–H groups in total. The highest BCUT2D eigenvalue weighted by Crippen LogP contribution is 2.26. The van der Waals surface area contributed by atoms with Crippen LogP contribution >= 0.6 is 0 Å². The molecule has 0 bridgehead atoms. The van der Waals surface area contributed by atoms with Gasteiger partial charge in [0, 0.05) is 32.0 Å². The van der Waals surface area contributed by atoms with Crippen LogP contribution in [0.2, 0.25) is 0 Å². The Bertz CT molecular complexity index is 2410. The van der Waals surface area contributed by atoms with E-state index in [-0.39, 0.29) is 62.8 Å². The van der Waals surface area contributed by atoms with Crippen LogP contribution in [0, 0.1) is 17.5 Å². The molecule has 65 heavy (non-hydrogen) atoms. The van der Waals surface area contributed by atoms with Gasteiger partial charge in [0.1, 0.15) is 40.6 Å². The number of carbonyl (C=O) groups is 2. The van der Waals surface area contributed by atoms with Crippen molar-refractivity contribution in [1.29, 1.82) is 0 Å². The number of rotatable bonds is 22. The zero-order valence-corrected chi connectivity index (χ0v) is 38.0. The normalized spacial score (nSPS) is 10.9. The number of aromatic nitrogens is 4. The van der Waals surface area contributed by atoms with Crippen LogP contribution in [0.15, 0.2) is 78.0 Å². The number of anilines is 4. The molecule has 0 atom stereocenters. The molecule has 0 unspecified atom stereocenters. The second-order valence-electron chi connectivity index (χ2n) is 13.9. The Kier molecular flexibility index (Phi) is 22.0. The predicted molar refractivity (Wildman–Crippen MR) is 245 cm³/mol. The van der Waals surface area contributed by atoms with Crippen molar-refractivity contribution in [3.8, 4) is 11.5 Å². The molecule has 5 rings (SSSR count). The van der Waals surface area contributed by atoms with Crippen LogP contribution in [-0.4, -0.2) is 105 Å². The molecule has 2 aromatic heterocycles. The van der Waals surface area contributed by atoms with Crippen LogP contribution in [0.1, 0.15) is 78.3 Å². The zero-order chi connectivity index (χ0) is 47.9. The van der Waals surface area contributed by atoms with Gasteiger partial charge in [-0.2, -0.15) is 9.97 Å². The van der Waals surface area contributed by atoms with Gasteiger partial charge in [-0.25, -0.2) is 36.3 Å². The molecule has 0 radical (unpaired) electrons. The van der Waals surface area contributed by atoms with E-state index < -0.39 is 39.0 Å². The zero-order valence-electron chi connectivity index (χ0n) is 37.2. The summed E-state index contributed by atoms with van der Waals surface area (Å²) in [6.45, 7) is 12.0. The average Bonchev–Trinajstić information content (AvgIpc) is 3.29. The van der Waals surface area contributed by atoms with Crippen molar-refractivity contribution in [2.45, 2.75) is 51.3 Å². The quantitative estimate of drug-likeness (QED) is 0.0360. The smallest absolute Gasteiger partial charge is 0.240 e. The first kappa shape index (κ1) is 52.9. The Hall–Kier alpha value is -6.42. The summed E-state index contributed by atoms with van der Waals surface area (Å²) in [4.78, 5) is 43.9. The number of ether oxygens (including phenoxy) is 2. The number of methoxy groups -OCH3 is 2. The Labute approximate surface area is 377 Å².